The van der Waals surface area contributed by atoms with Gasteiger partial charge in [0.15, 0.2) is 0 Å². The molecule has 0 bridgehead atoms. The van der Waals surface area contributed by atoms with E-state index < -0.39 is 36.5 Å². The van der Waals surface area contributed by atoms with Crippen molar-refractivity contribution < 1.29 is 57.5 Å². The van der Waals surface area contributed by atoms with Crippen LogP contribution in [0.2, 0.25) is 0 Å². The Kier molecular flexibility index (Phi) is 18.9. The maximum absolute atomic E-state index is 13.3. The Bertz CT molecular complexity index is 2890. The summed E-state index contributed by atoms with van der Waals surface area (Å²) >= 11 is 5.28. The standard InChI is InChI=1S/C25H30N4O6S2.C25H28N4O6S2/c2*1-12-13(2)23(34-16(5)31)18(35-19(12)11-33-15(4)30)8-21-28-10-20(36-21)22(32)24-14(3)29-25(37-24)17-9-26-6-7-27-17/h6-7,9-10,12-13,18-19,22-23,32H,8,11H2,1-5H3;6-7,9-10,12-13,18-19,23H,8,11H2,1-5H3. The van der Waals surface area contributed by atoms with E-state index in [-0.39, 0.29) is 72.8 Å². The van der Waals surface area contributed by atoms with Gasteiger partial charge in [0.05, 0.1) is 65.5 Å². The maximum atomic E-state index is 13.3. The Morgan fingerprint density at radius 3 is 1.55 bits per heavy atom. The van der Waals surface area contributed by atoms with E-state index in [0.717, 1.165) is 10.7 Å². The van der Waals surface area contributed by atoms with Crippen molar-refractivity contribution in [2.75, 3.05) is 13.2 Å². The number of carbonyl (C=O) groups excluding carboxylic acids is 5. The van der Waals surface area contributed by atoms with Gasteiger partial charge in [0, 0.05) is 89.6 Å². The molecule has 8 heterocycles. The number of ketones is 1. The predicted octanol–water partition coefficient (Wildman–Crippen LogP) is 7.20. The largest absolute Gasteiger partial charge is 0.463 e. The summed E-state index contributed by atoms with van der Waals surface area (Å²) in [4.78, 5) is 96.8. The first-order valence-corrected chi connectivity index (χ1v) is 27.1. The summed E-state index contributed by atoms with van der Waals surface area (Å²) in [7, 11) is 0. The SMILES string of the molecule is CC(=O)OCC1OC(Cc2ncc(C(=O)c3sc(-c4cnccn4)nc3C)s2)C(OC(C)=O)C(C)C1C.CC(=O)OCC1OC(Cc2ncc(C(O)c3sc(-c4cnccn4)nc3C)s2)C(OC(C)=O)C(C)C1C. The average molecular weight is 1090 g/mol. The van der Waals surface area contributed by atoms with Crippen LogP contribution in [0.15, 0.2) is 49.6 Å². The van der Waals surface area contributed by atoms with Gasteiger partial charge < -0.3 is 33.5 Å². The van der Waals surface area contributed by atoms with E-state index in [1.807, 2.05) is 34.6 Å². The maximum Gasteiger partial charge on any atom is 0.303 e. The fraction of sp³-hybridized carbons (Fsp3) is 0.500. The van der Waals surface area contributed by atoms with E-state index in [1.165, 1.54) is 73.0 Å². The van der Waals surface area contributed by atoms with Crippen LogP contribution >= 0.6 is 45.3 Å². The number of nitrogens with zero attached hydrogens (tertiary/aromatic N) is 8. The lowest BCUT2D eigenvalue weighted by molar-refractivity contribution is -0.203. The molecule has 74 heavy (non-hydrogen) atoms. The number of hydrogen-bond donors (Lipinski definition) is 1. The molecule has 0 spiro atoms. The number of thiazole rings is 4. The third kappa shape index (κ3) is 13.9. The van der Waals surface area contributed by atoms with Gasteiger partial charge in [-0.3, -0.25) is 43.9 Å². The number of rotatable bonds is 16. The number of aliphatic hydroxyl groups excluding tert-OH is 1. The first-order valence-electron chi connectivity index (χ1n) is 23.8. The topological polar surface area (TPSA) is 264 Å². The number of aromatic nitrogens is 8. The molecule has 24 heteroatoms. The van der Waals surface area contributed by atoms with Crippen molar-refractivity contribution in [3.05, 3.63) is 90.5 Å². The van der Waals surface area contributed by atoms with Crippen molar-refractivity contribution in [2.24, 2.45) is 23.7 Å². The molecule has 0 aromatic carbocycles. The van der Waals surface area contributed by atoms with Crippen LogP contribution in [0.5, 0.6) is 0 Å². The lowest BCUT2D eigenvalue weighted by Crippen LogP contribution is -2.53. The van der Waals surface area contributed by atoms with E-state index in [2.05, 4.69) is 39.9 Å². The van der Waals surface area contributed by atoms with E-state index in [0.29, 0.717) is 64.5 Å². The van der Waals surface area contributed by atoms with E-state index in [9.17, 15) is 29.1 Å². The molecule has 11 atom stereocenters. The van der Waals surface area contributed by atoms with Gasteiger partial charge in [-0.25, -0.2) is 19.9 Å². The third-order valence-electron chi connectivity index (χ3n) is 12.8. The van der Waals surface area contributed by atoms with E-state index >= 15 is 0 Å². The predicted molar refractivity (Wildman–Crippen MR) is 273 cm³/mol. The van der Waals surface area contributed by atoms with Crippen molar-refractivity contribution in [3.63, 3.8) is 0 Å². The summed E-state index contributed by atoms with van der Waals surface area (Å²) < 4.78 is 34.3. The molecule has 0 amide bonds. The molecule has 6 aromatic heterocycles. The molecule has 2 fully saturated rings. The third-order valence-corrected chi connectivity index (χ3v) is 17.3. The minimum absolute atomic E-state index is 0.00596. The minimum atomic E-state index is -0.888. The zero-order chi connectivity index (χ0) is 53.4. The number of aliphatic hydroxyl groups is 1. The Morgan fingerprint density at radius 1 is 0.581 bits per heavy atom. The fourth-order valence-electron chi connectivity index (χ4n) is 8.61. The van der Waals surface area contributed by atoms with Gasteiger partial charge in [0.2, 0.25) is 5.78 Å². The lowest BCUT2D eigenvalue weighted by Gasteiger charge is -2.43. The summed E-state index contributed by atoms with van der Waals surface area (Å²) in [6.45, 7) is 17.3. The van der Waals surface area contributed by atoms with Crippen molar-refractivity contribution in [2.45, 2.75) is 125 Å². The van der Waals surface area contributed by atoms with Gasteiger partial charge in [0.25, 0.3) is 0 Å². The first kappa shape index (κ1) is 55.9. The molecular formula is C50H58N8O12S4. The number of carbonyl (C=O) groups is 5. The van der Waals surface area contributed by atoms with E-state index in [4.69, 9.17) is 28.4 Å². The van der Waals surface area contributed by atoms with Crippen LogP contribution in [0.4, 0.5) is 0 Å². The second-order valence-corrected chi connectivity index (χ2v) is 22.4. The minimum Gasteiger partial charge on any atom is -0.463 e. The lowest BCUT2D eigenvalue weighted by atomic mass is 9.80. The monoisotopic (exact) mass is 1090 g/mol. The van der Waals surface area contributed by atoms with Gasteiger partial charge in [-0.05, 0) is 25.7 Å². The Hall–Kier alpha value is -5.89. The highest BCUT2D eigenvalue weighted by Crippen LogP contribution is 2.39. The highest BCUT2D eigenvalue weighted by Gasteiger charge is 2.45. The van der Waals surface area contributed by atoms with Crippen LogP contribution in [-0.2, 0) is 60.4 Å². The number of hydrogen-bond acceptors (Lipinski definition) is 24. The Morgan fingerprint density at radius 2 is 1.07 bits per heavy atom. The highest BCUT2D eigenvalue weighted by atomic mass is 32.1. The highest BCUT2D eigenvalue weighted by molar-refractivity contribution is 7.19. The molecule has 8 rings (SSSR count). The molecule has 0 aliphatic carbocycles. The molecule has 0 radical (unpaired) electrons. The molecule has 2 saturated heterocycles. The van der Waals surface area contributed by atoms with Crippen LogP contribution in [0, 0.1) is 37.5 Å². The summed E-state index contributed by atoms with van der Waals surface area (Å²) in [5.74, 6) is -1.76. The number of esters is 4. The van der Waals surface area contributed by atoms with Crippen LogP contribution < -0.4 is 0 Å². The molecule has 2 aliphatic rings. The quantitative estimate of drug-likeness (QED) is 0.0570. The normalized spacial score (nSPS) is 23.9. The van der Waals surface area contributed by atoms with Crippen molar-refractivity contribution in [1.29, 1.82) is 0 Å². The van der Waals surface area contributed by atoms with Gasteiger partial charge in [-0.15, -0.1) is 45.3 Å². The summed E-state index contributed by atoms with van der Waals surface area (Å²) in [5.41, 5.74) is 2.59. The van der Waals surface area contributed by atoms with Crippen LogP contribution in [0.3, 0.4) is 0 Å². The molecule has 2 aliphatic heterocycles. The molecule has 20 nitrogen and oxygen atoms in total. The zero-order valence-corrected chi connectivity index (χ0v) is 45.7. The average Bonchev–Trinajstić information content (AvgIpc) is 4.20. The van der Waals surface area contributed by atoms with Crippen molar-refractivity contribution in [1.82, 2.24) is 39.9 Å². The first-order chi connectivity index (χ1) is 35.3. The molecule has 1 N–H and O–H groups in total. The van der Waals surface area contributed by atoms with Crippen molar-refractivity contribution in [3.8, 4) is 21.4 Å². The number of ether oxygens (including phenoxy) is 6. The van der Waals surface area contributed by atoms with Gasteiger partial charge >= 0.3 is 23.9 Å². The second-order valence-electron chi connectivity index (χ2n) is 18.1. The Balaban J connectivity index is 0.000000216. The van der Waals surface area contributed by atoms with Gasteiger partial charge in [-0.1, -0.05) is 27.7 Å². The van der Waals surface area contributed by atoms with Crippen LogP contribution in [-0.4, -0.2) is 124 Å². The second kappa shape index (κ2) is 25.1. The van der Waals surface area contributed by atoms with Crippen LogP contribution in [0.25, 0.3) is 21.4 Å². The smallest absolute Gasteiger partial charge is 0.303 e. The molecule has 394 valence electrons. The van der Waals surface area contributed by atoms with Crippen molar-refractivity contribution >= 4 is 75.0 Å². The fourth-order valence-corrected chi connectivity index (χ4v) is 12.6. The van der Waals surface area contributed by atoms with Crippen LogP contribution in [0.1, 0.15) is 107 Å². The molecule has 0 saturated carbocycles. The molecule has 6 aromatic rings. The summed E-state index contributed by atoms with van der Waals surface area (Å²) in [6, 6.07) is 0. The number of aryl methyl sites for hydroxylation is 2. The van der Waals surface area contributed by atoms with Gasteiger partial charge in [0.1, 0.15) is 65.1 Å². The van der Waals surface area contributed by atoms with Gasteiger partial charge in [-0.2, -0.15) is 0 Å². The molecular weight excluding hydrogens is 1030 g/mol. The van der Waals surface area contributed by atoms with E-state index in [1.54, 1.807) is 56.5 Å². The summed E-state index contributed by atoms with van der Waals surface area (Å²) in [6.07, 6.45) is 10.0. The summed E-state index contributed by atoms with van der Waals surface area (Å²) in [5, 5.41) is 13.8. The zero-order valence-electron chi connectivity index (χ0n) is 42.4. The molecule has 11 unspecified atom stereocenters. The Labute approximate surface area is 443 Å².